The van der Waals surface area contributed by atoms with Crippen molar-refractivity contribution in [3.63, 3.8) is 0 Å². The Morgan fingerprint density at radius 1 is 0.731 bits per heavy atom. The Kier molecular flexibility index (Phi) is 17.5. The Bertz CT molecular complexity index is 376. The van der Waals surface area contributed by atoms with Crippen molar-refractivity contribution in [1.29, 1.82) is 0 Å². The van der Waals surface area contributed by atoms with Crippen LogP contribution in [-0.4, -0.2) is 24.6 Å². The van der Waals surface area contributed by atoms with Gasteiger partial charge in [0, 0.05) is 12.2 Å². The second-order valence-corrected chi connectivity index (χ2v) is 7.07. The molecule has 4 heteroatoms. The highest BCUT2D eigenvalue weighted by Gasteiger charge is 2.07. The molecule has 4 nitrogen and oxygen atoms in total. The Morgan fingerprint density at radius 2 is 1.23 bits per heavy atom. The lowest BCUT2D eigenvalue weighted by Gasteiger charge is -2.11. The van der Waals surface area contributed by atoms with Gasteiger partial charge in [-0.3, -0.25) is 0 Å². The maximum atomic E-state index is 11.7. The number of unbranched alkanes of at least 4 members (excludes halogenated alkanes) is 10. The molecule has 0 rings (SSSR count). The number of hydrogen-bond acceptors (Lipinski definition) is 4. The summed E-state index contributed by atoms with van der Waals surface area (Å²) in [6.07, 6.45) is 17.4. The minimum absolute atomic E-state index is 0.114. The van der Waals surface area contributed by atoms with E-state index in [1.54, 1.807) is 0 Å². The minimum atomic E-state index is -0.475. The Morgan fingerprint density at radius 3 is 1.85 bits per heavy atom. The highest BCUT2D eigenvalue weighted by atomic mass is 16.5. The molecule has 0 aliphatic carbocycles. The SMILES string of the molecule is CCCCCCCCCCOC(=O)/C=C/C(=O)OC(C)CCCCCC. The standard InChI is InChI=1S/C22H40O4/c1-4-6-8-10-11-12-13-15-19-25-21(23)17-18-22(24)26-20(3)16-14-9-7-5-2/h17-18,20H,4-16,19H2,1-3H3/b18-17+. The molecule has 0 radical (unpaired) electrons. The molecule has 26 heavy (non-hydrogen) atoms. The van der Waals surface area contributed by atoms with E-state index in [4.69, 9.17) is 9.47 Å². The van der Waals surface area contributed by atoms with E-state index in [2.05, 4.69) is 13.8 Å². The average Bonchev–Trinajstić information content (AvgIpc) is 2.62. The number of ether oxygens (including phenoxy) is 2. The van der Waals surface area contributed by atoms with Crippen LogP contribution in [0.2, 0.25) is 0 Å². The predicted molar refractivity (Wildman–Crippen MR) is 107 cm³/mol. The van der Waals surface area contributed by atoms with Crippen LogP contribution < -0.4 is 0 Å². The molecule has 0 aliphatic heterocycles. The van der Waals surface area contributed by atoms with Gasteiger partial charge >= 0.3 is 11.9 Å². The topological polar surface area (TPSA) is 52.6 Å². The quantitative estimate of drug-likeness (QED) is 0.176. The third-order valence-electron chi connectivity index (χ3n) is 4.38. The first-order chi connectivity index (χ1) is 12.6. The highest BCUT2D eigenvalue weighted by molar-refractivity contribution is 5.91. The largest absolute Gasteiger partial charge is 0.463 e. The average molecular weight is 369 g/mol. The number of hydrogen-bond donors (Lipinski definition) is 0. The third-order valence-corrected chi connectivity index (χ3v) is 4.38. The summed E-state index contributed by atoms with van der Waals surface area (Å²) < 4.78 is 10.3. The predicted octanol–water partition coefficient (Wildman–Crippen LogP) is 6.13. The van der Waals surface area contributed by atoms with E-state index in [1.165, 1.54) is 63.9 Å². The van der Waals surface area contributed by atoms with Crippen LogP contribution in [0, 0.1) is 0 Å². The molecule has 0 aromatic rings. The summed E-state index contributed by atoms with van der Waals surface area (Å²) in [6.45, 7) is 6.69. The summed E-state index contributed by atoms with van der Waals surface area (Å²) in [5, 5.41) is 0. The van der Waals surface area contributed by atoms with Crippen LogP contribution in [-0.2, 0) is 19.1 Å². The molecule has 1 unspecified atom stereocenters. The van der Waals surface area contributed by atoms with Crippen molar-refractivity contribution in [3.8, 4) is 0 Å². The van der Waals surface area contributed by atoms with Gasteiger partial charge in [0.25, 0.3) is 0 Å². The zero-order chi connectivity index (χ0) is 19.5. The molecule has 0 amide bonds. The van der Waals surface area contributed by atoms with E-state index in [1.807, 2.05) is 6.92 Å². The lowest BCUT2D eigenvalue weighted by molar-refractivity contribution is -0.143. The summed E-state index contributed by atoms with van der Waals surface area (Å²) in [6, 6.07) is 0. The molecule has 0 heterocycles. The zero-order valence-electron chi connectivity index (χ0n) is 17.3. The van der Waals surface area contributed by atoms with Gasteiger partial charge in [0.15, 0.2) is 0 Å². The fraction of sp³-hybridized carbons (Fsp3) is 0.818. The normalized spacial score (nSPS) is 12.3. The number of carbonyl (C=O) groups is 2. The molecular weight excluding hydrogens is 328 g/mol. The van der Waals surface area contributed by atoms with Crippen LogP contribution in [0.1, 0.15) is 104 Å². The van der Waals surface area contributed by atoms with E-state index < -0.39 is 11.9 Å². The molecule has 0 aliphatic rings. The summed E-state index contributed by atoms with van der Waals surface area (Å²) >= 11 is 0. The van der Waals surface area contributed by atoms with Gasteiger partial charge in [-0.25, -0.2) is 9.59 Å². The molecule has 0 spiro atoms. The van der Waals surface area contributed by atoms with Crippen molar-refractivity contribution in [2.45, 2.75) is 110 Å². The lowest BCUT2D eigenvalue weighted by Crippen LogP contribution is -2.13. The fourth-order valence-electron chi connectivity index (χ4n) is 2.75. The van der Waals surface area contributed by atoms with Gasteiger partial charge in [-0.2, -0.15) is 0 Å². The van der Waals surface area contributed by atoms with Gasteiger partial charge in [0.1, 0.15) is 0 Å². The zero-order valence-corrected chi connectivity index (χ0v) is 17.3. The maximum absolute atomic E-state index is 11.7. The molecule has 0 aromatic carbocycles. The van der Waals surface area contributed by atoms with Crippen molar-refractivity contribution in [1.82, 2.24) is 0 Å². The number of rotatable bonds is 17. The van der Waals surface area contributed by atoms with Gasteiger partial charge in [0.05, 0.1) is 12.7 Å². The summed E-state index contributed by atoms with van der Waals surface area (Å²) in [5.74, 6) is -0.947. The van der Waals surface area contributed by atoms with Gasteiger partial charge < -0.3 is 9.47 Å². The summed E-state index contributed by atoms with van der Waals surface area (Å²) in [4.78, 5) is 23.2. The maximum Gasteiger partial charge on any atom is 0.331 e. The third kappa shape index (κ3) is 17.5. The second kappa shape index (κ2) is 18.5. The Balaban J connectivity index is 3.61. The van der Waals surface area contributed by atoms with Crippen LogP contribution in [0.25, 0.3) is 0 Å². The molecule has 1 atom stereocenters. The first-order valence-corrected chi connectivity index (χ1v) is 10.7. The smallest absolute Gasteiger partial charge is 0.331 e. The van der Waals surface area contributed by atoms with Crippen molar-refractivity contribution in [2.24, 2.45) is 0 Å². The molecule has 0 aromatic heterocycles. The second-order valence-electron chi connectivity index (χ2n) is 7.07. The summed E-state index contributed by atoms with van der Waals surface area (Å²) in [7, 11) is 0. The minimum Gasteiger partial charge on any atom is -0.463 e. The molecule has 152 valence electrons. The van der Waals surface area contributed by atoms with Crippen molar-refractivity contribution in [2.75, 3.05) is 6.61 Å². The highest BCUT2D eigenvalue weighted by Crippen LogP contribution is 2.09. The molecule has 0 N–H and O–H groups in total. The van der Waals surface area contributed by atoms with Crippen molar-refractivity contribution < 1.29 is 19.1 Å². The van der Waals surface area contributed by atoms with E-state index >= 15 is 0 Å². The Labute approximate surface area is 160 Å². The number of esters is 2. The first kappa shape index (κ1) is 24.7. The monoisotopic (exact) mass is 368 g/mol. The van der Waals surface area contributed by atoms with E-state index in [9.17, 15) is 9.59 Å². The van der Waals surface area contributed by atoms with E-state index in [0.717, 1.165) is 31.8 Å². The fourth-order valence-corrected chi connectivity index (χ4v) is 2.75. The first-order valence-electron chi connectivity index (χ1n) is 10.7. The van der Waals surface area contributed by atoms with Gasteiger partial charge in [0.2, 0.25) is 0 Å². The van der Waals surface area contributed by atoms with Gasteiger partial charge in [-0.1, -0.05) is 78.1 Å². The van der Waals surface area contributed by atoms with Crippen LogP contribution >= 0.6 is 0 Å². The van der Waals surface area contributed by atoms with E-state index in [0.29, 0.717) is 6.61 Å². The summed E-state index contributed by atoms with van der Waals surface area (Å²) in [5.41, 5.74) is 0. The Hall–Kier alpha value is -1.32. The molecular formula is C22H40O4. The molecule has 0 bridgehead atoms. The lowest BCUT2D eigenvalue weighted by atomic mass is 10.1. The number of carbonyl (C=O) groups excluding carboxylic acids is 2. The van der Waals surface area contributed by atoms with E-state index in [-0.39, 0.29) is 6.10 Å². The van der Waals surface area contributed by atoms with Gasteiger partial charge in [-0.15, -0.1) is 0 Å². The molecule has 0 saturated heterocycles. The van der Waals surface area contributed by atoms with Crippen LogP contribution in [0.15, 0.2) is 12.2 Å². The van der Waals surface area contributed by atoms with Crippen molar-refractivity contribution >= 4 is 11.9 Å². The van der Waals surface area contributed by atoms with Crippen LogP contribution in [0.4, 0.5) is 0 Å². The molecule has 0 saturated carbocycles. The molecule has 0 fully saturated rings. The van der Waals surface area contributed by atoms with Crippen LogP contribution in [0.3, 0.4) is 0 Å². The van der Waals surface area contributed by atoms with Gasteiger partial charge in [-0.05, 0) is 26.2 Å². The van der Waals surface area contributed by atoms with Crippen LogP contribution in [0.5, 0.6) is 0 Å². The van der Waals surface area contributed by atoms with Crippen molar-refractivity contribution in [3.05, 3.63) is 12.2 Å².